The average molecular weight is 821 g/mol. The number of nitrogen functional groups attached to an aromatic ring is 1. The number of carbonyl (C=O) groups excluding carboxylic acids is 2. The van der Waals surface area contributed by atoms with E-state index in [-0.39, 0.29) is 48.0 Å². The molecule has 3 fully saturated rings. The van der Waals surface area contributed by atoms with Gasteiger partial charge in [0.05, 0.1) is 37.2 Å². The van der Waals surface area contributed by atoms with Gasteiger partial charge < -0.3 is 36.4 Å². The summed E-state index contributed by atoms with van der Waals surface area (Å²) in [5.41, 5.74) is 7.04. The van der Waals surface area contributed by atoms with Gasteiger partial charge in [0, 0.05) is 46.8 Å². The lowest BCUT2D eigenvalue weighted by Gasteiger charge is -2.47. The zero-order valence-corrected chi connectivity index (χ0v) is 34.4. The number of hydrogen-bond acceptors (Lipinski definition) is 12. The van der Waals surface area contributed by atoms with Gasteiger partial charge in [0.2, 0.25) is 5.91 Å². The van der Waals surface area contributed by atoms with Gasteiger partial charge in [-0.25, -0.2) is 19.3 Å². The SMILES string of the molecule is Cc1c(O)cccc1C(=O)N[C@@H](CSc1ccccc1)C(O)CN1C[C@H]2CCCC[C@H]2C[C@H]1C(=O)NC(C)(C)C.Nc1ncnc2c1ncn2[C@@H]1O[C@H](CO)C[C@@H]1F. The van der Waals surface area contributed by atoms with Gasteiger partial charge in [-0.3, -0.25) is 19.1 Å². The summed E-state index contributed by atoms with van der Waals surface area (Å²) in [6, 6.07) is 13.9. The third-order valence-electron chi connectivity index (χ3n) is 11.2. The summed E-state index contributed by atoms with van der Waals surface area (Å²) in [5.74, 6) is 1.51. The van der Waals surface area contributed by atoms with Crippen molar-refractivity contribution in [2.75, 3.05) is 31.2 Å². The summed E-state index contributed by atoms with van der Waals surface area (Å²) in [4.78, 5) is 41.9. The van der Waals surface area contributed by atoms with E-state index < -0.39 is 30.6 Å². The first kappa shape index (κ1) is 43.2. The minimum Gasteiger partial charge on any atom is -0.508 e. The molecular formula is C42H57FN8O6S. The van der Waals surface area contributed by atoms with Crippen molar-refractivity contribution in [3.63, 3.8) is 0 Å². The third kappa shape index (κ3) is 10.6. The number of alkyl halides is 1. The molecule has 2 aromatic heterocycles. The van der Waals surface area contributed by atoms with Crippen molar-refractivity contribution in [2.45, 2.75) is 113 Å². The highest BCUT2D eigenvalue weighted by Crippen LogP contribution is 2.39. The number of phenolic OH excluding ortho intramolecular Hbond substituents is 1. The quantitative estimate of drug-likeness (QED) is 0.113. The van der Waals surface area contributed by atoms with E-state index in [4.69, 9.17) is 15.6 Å². The number of hydrogen-bond donors (Lipinski definition) is 6. The number of aliphatic hydroxyl groups excluding tert-OH is 2. The van der Waals surface area contributed by atoms with Crippen LogP contribution in [0.4, 0.5) is 10.2 Å². The van der Waals surface area contributed by atoms with Gasteiger partial charge in [-0.15, -0.1) is 11.8 Å². The monoisotopic (exact) mass is 820 g/mol. The summed E-state index contributed by atoms with van der Waals surface area (Å²) >= 11 is 1.57. The van der Waals surface area contributed by atoms with Crippen LogP contribution in [0.2, 0.25) is 0 Å². The van der Waals surface area contributed by atoms with Gasteiger partial charge in [-0.05, 0) is 76.6 Å². The molecule has 1 saturated carbocycles. The minimum absolute atomic E-state index is 0.0124. The molecule has 8 atom stereocenters. The topological polar surface area (TPSA) is 201 Å². The molecule has 1 unspecified atom stereocenters. The van der Waals surface area contributed by atoms with Gasteiger partial charge in [-0.2, -0.15) is 0 Å². The van der Waals surface area contributed by atoms with Crippen molar-refractivity contribution in [3.05, 3.63) is 72.3 Å². The number of nitrogens with zero attached hydrogens (tertiary/aromatic N) is 5. The standard InChI is InChI=1S/C32H45N3O4S.C10H12FN5O2/c1-21-25(15-10-16-28(21)36)30(38)33-26(20-40-24-13-6-5-7-14-24)29(37)19-35-18-23-12-9-8-11-22(23)17-27(35)31(39)34-32(2,3)4;11-6-1-5(2-17)18-10(6)16-4-15-7-8(12)13-3-14-9(7)16/h5-7,10,13-16,22-23,26-27,29,36-37H,8-9,11-12,17-20H2,1-4H3,(H,33,38)(H,34,39);3-6,10,17H,1-2H2,(H2,12,13,14)/t22-,23+,26-,27-,29?;5-,6-,10+/m00/s1. The van der Waals surface area contributed by atoms with E-state index in [9.17, 15) is 24.2 Å². The van der Waals surface area contributed by atoms with Gasteiger partial charge in [0.15, 0.2) is 17.7 Å². The van der Waals surface area contributed by atoms with Gasteiger partial charge >= 0.3 is 0 Å². The molecule has 14 nitrogen and oxygen atoms in total. The maximum absolute atomic E-state index is 13.9. The fraction of sp³-hybridized carbons (Fsp3) is 0.548. The first-order valence-electron chi connectivity index (χ1n) is 20.1. The lowest BCUT2D eigenvalue weighted by molar-refractivity contribution is -0.132. The molecular weight excluding hydrogens is 764 g/mol. The number of aromatic nitrogens is 4. The van der Waals surface area contributed by atoms with Crippen LogP contribution in [0.1, 0.15) is 81.4 Å². The molecule has 2 saturated heterocycles. The van der Waals surface area contributed by atoms with Gasteiger partial charge in [0.25, 0.3) is 5.91 Å². The number of rotatable bonds is 11. The van der Waals surface area contributed by atoms with Crippen molar-refractivity contribution in [2.24, 2.45) is 11.8 Å². The van der Waals surface area contributed by atoms with E-state index in [1.807, 2.05) is 51.1 Å². The van der Waals surface area contributed by atoms with E-state index in [0.717, 1.165) is 30.7 Å². The zero-order chi connectivity index (χ0) is 41.6. The molecule has 1 aliphatic carbocycles. The number of piperidine rings is 1. The summed E-state index contributed by atoms with van der Waals surface area (Å²) in [7, 11) is 0. The number of β-amino-alcohol motifs (C(OH)–C–C–N with tert-alkyl or cyclic N) is 1. The lowest BCUT2D eigenvalue weighted by Crippen LogP contribution is -2.60. The predicted molar refractivity (Wildman–Crippen MR) is 221 cm³/mol. The number of nitrogens with two attached hydrogens (primary N) is 1. The van der Waals surface area contributed by atoms with E-state index in [0.29, 0.717) is 46.4 Å². The Morgan fingerprint density at radius 3 is 2.50 bits per heavy atom. The largest absolute Gasteiger partial charge is 0.508 e. The highest BCUT2D eigenvalue weighted by Gasteiger charge is 2.42. The maximum atomic E-state index is 13.9. The number of anilines is 1. The number of fused-ring (bicyclic) bond motifs is 2. The fourth-order valence-corrected chi connectivity index (χ4v) is 9.21. The third-order valence-corrected chi connectivity index (χ3v) is 12.4. The second-order valence-electron chi connectivity index (χ2n) is 16.6. The van der Waals surface area contributed by atoms with Crippen LogP contribution in [0.25, 0.3) is 11.2 Å². The number of phenols is 1. The number of likely N-dealkylation sites (tertiary alicyclic amines) is 1. The van der Waals surface area contributed by atoms with E-state index >= 15 is 0 Å². The van der Waals surface area contributed by atoms with Crippen LogP contribution in [-0.2, 0) is 9.53 Å². The number of amides is 2. The Labute approximate surface area is 343 Å². The first-order chi connectivity index (χ1) is 27.7. The lowest BCUT2D eigenvalue weighted by atomic mass is 9.72. The van der Waals surface area contributed by atoms with Crippen LogP contribution < -0.4 is 16.4 Å². The second kappa shape index (κ2) is 19.1. The van der Waals surface area contributed by atoms with E-state index in [1.54, 1.807) is 36.9 Å². The molecule has 2 aromatic carbocycles. The molecule has 7 N–H and O–H groups in total. The molecule has 0 radical (unpaired) electrons. The van der Waals surface area contributed by atoms with Crippen LogP contribution >= 0.6 is 11.8 Å². The van der Waals surface area contributed by atoms with Gasteiger partial charge in [-0.1, -0.05) is 43.5 Å². The number of nitrogens with one attached hydrogen (secondary N) is 2. The molecule has 0 bridgehead atoms. The number of carbonyl (C=O) groups is 2. The molecule has 314 valence electrons. The normalized spacial score (nSPS) is 24.6. The van der Waals surface area contributed by atoms with Crippen molar-refractivity contribution >= 4 is 40.6 Å². The predicted octanol–water partition coefficient (Wildman–Crippen LogP) is 4.77. The molecule has 3 aliphatic rings. The van der Waals surface area contributed by atoms with E-state index in [1.165, 1.54) is 30.1 Å². The number of aromatic hydroxyl groups is 1. The van der Waals surface area contributed by atoms with Crippen LogP contribution in [0, 0.1) is 18.8 Å². The molecule has 16 heteroatoms. The maximum Gasteiger partial charge on any atom is 0.252 e. The minimum atomic E-state index is -1.21. The van der Waals surface area contributed by atoms with Crippen LogP contribution in [-0.4, -0.2) is 113 Å². The Bertz CT molecular complexity index is 2000. The molecule has 7 rings (SSSR count). The Morgan fingerprint density at radius 1 is 1.05 bits per heavy atom. The van der Waals surface area contributed by atoms with Crippen molar-refractivity contribution in [3.8, 4) is 5.75 Å². The number of benzene rings is 2. The summed E-state index contributed by atoms with van der Waals surface area (Å²) in [6.45, 7) is 8.55. The average Bonchev–Trinajstić information content (AvgIpc) is 3.80. The van der Waals surface area contributed by atoms with E-state index in [2.05, 4.69) is 30.5 Å². The van der Waals surface area contributed by atoms with Gasteiger partial charge in [0.1, 0.15) is 23.8 Å². The Balaban J connectivity index is 0.000000260. The van der Waals surface area contributed by atoms with Crippen LogP contribution in [0.3, 0.4) is 0 Å². The molecule has 2 amide bonds. The second-order valence-corrected chi connectivity index (χ2v) is 17.7. The van der Waals surface area contributed by atoms with Crippen molar-refractivity contribution in [1.82, 2.24) is 35.1 Å². The molecule has 2 aliphatic heterocycles. The number of aliphatic hydroxyl groups is 2. The highest BCUT2D eigenvalue weighted by atomic mass is 32.2. The summed E-state index contributed by atoms with van der Waals surface area (Å²) in [5, 5.41) is 37.0. The Morgan fingerprint density at radius 2 is 1.79 bits per heavy atom. The van der Waals surface area contributed by atoms with Crippen molar-refractivity contribution in [1.29, 1.82) is 0 Å². The summed E-state index contributed by atoms with van der Waals surface area (Å²) in [6.07, 6.45) is 5.00. The molecule has 4 aromatic rings. The molecule has 58 heavy (non-hydrogen) atoms. The zero-order valence-electron chi connectivity index (χ0n) is 33.6. The Kier molecular flexibility index (Phi) is 14.3. The smallest absolute Gasteiger partial charge is 0.252 e. The Hall–Kier alpha value is -4.35. The van der Waals surface area contributed by atoms with Crippen molar-refractivity contribution < 1.29 is 34.0 Å². The number of ether oxygens (including phenoxy) is 1. The van der Waals surface area contributed by atoms with Crippen LogP contribution in [0.5, 0.6) is 5.75 Å². The number of halogens is 1. The first-order valence-corrected chi connectivity index (χ1v) is 21.1. The van der Waals surface area contributed by atoms with Crippen LogP contribution in [0.15, 0.2) is 66.1 Å². The number of thioether (sulfide) groups is 1. The molecule has 4 heterocycles. The summed E-state index contributed by atoms with van der Waals surface area (Å²) < 4.78 is 20.7. The number of imidazole rings is 1. The molecule has 0 spiro atoms. The highest BCUT2D eigenvalue weighted by molar-refractivity contribution is 7.99. The fourth-order valence-electron chi connectivity index (χ4n) is 8.18.